The van der Waals surface area contributed by atoms with Crippen LogP contribution in [0.5, 0.6) is 11.5 Å². The number of nitrogens with zero attached hydrogens (tertiary/aromatic N) is 1. The maximum absolute atomic E-state index is 13.8. The van der Waals surface area contributed by atoms with Crippen molar-refractivity contribution in [2.24, 2.45) is 0 Å². The minimum Gasteiger partial charge on any atom is -0.454 e. The van der Waals surface area contributed by atoms with Crippen LogP contribution in [0.4, 0.5) is 10.1 Å². The number of nitrogen functional groups attached to an aromatic ring is 1. The largest absolute Gasteiger partial charge is 0.454 e. The van der Waals surface area contributed by atoms with Crippen molar-refractivity contribution in [1.82, 2.24) is 0 Å². The second-order valence-electron chi connectivity index (χ2n) is 4.18. The van der Waals surface area contributed by atoms with Gasteiger partial charge in [-0.05, 0) is 42.3 Å². The number of nitriles is 1. The lowest BCUT2D eigenvalue weighted by Gasteiger charge is -2.10. The van der Waals surface area contributed by atoms with E-state index in [-0.39, 0.29) is 18.0 Å². The first-order valence-electron chi connectivity index (χ1n) is 5.80. The Balaban J connectivity index is 2.31. The molecule has 0 fully saturated rings. The van der Waals surface area contributed by atoms with Crippen LogP contribution in [0.15, 0.2) is 36.4 Å². The van der Waals surface area contributed by atoms with Gasteiger partial charge in [0.1, 0.15) is 5.75 Å². The first-order chi connectivity index (χ1) is 9.11. The van der Waals surface area contributed by atoms with E-state index in [1.807, 2.05) is 6.07 Å². The van der Waals surface area contributed by atoms with E-state index in [0.29, 0.717) is 22.6 Å². The summed E-state index contributed by atoms with van der Waals surface area (Å²) in [6, 6.07) is 11.9. The highest BCUT2D eigenvalue weighted by atomic mass is 19.1. The van der Waals surface area contributed by atoms with Crippen molar-refractivity contribution in [2.75, 3.05) is 5.73 Å². The highest BCUT2D eigenvalue weighted by Crippen LogP contribution is 2.28. The van der Waals surface area contributed by atoms with Gasteiger partial charge >= 0.3 is 0 Å². The molecule has 2 aromatic carbocycles. The van der Waals surface area contributed by atoms with Gasteiger partial charge in [0.15, 0.2) is 11.6 Å². The van der Waals surface area contributed by atoms with Gasteiger partial charge in [0, 0.05) is 5.69 Å². The molecule has 0 bridgehead atoms. The van der Waals surface area contributed by atoms with E-state index in [9.17, 15) is 4.39 Å². The summed E-state index contributed by atoms with van der Waals surface area (Å²) in [4.78, 5) is 0. The molecule has 2 N–H and O–H groups in total. The second-order valence-corrected chi connectivity index (χ2v) is 4.18. The first-order valence-corrected chi connectivity index (χ1v) is 5.80. The smallest absolute Gasteiger partial charge is 0.168 e. The molecule has 0 saturated heterocycles. The number of hydrogen-bond acceptors (Lipinski definition) is 3. The summed E-state index contributed by atoms with van der Waals surface area (Å²) in [5, 5.41) is 8.70. The molecule has 96 valence electrons. The van der Waals surface area contributed by atoms with Crippen LogP contribution < -0.4 is 10.5 Å². The zero-order valence-electron chi connectivity index (χ0n) is 10.5. The van der Waals surface area contributed by atoms with E-state index in [1.54, 1.807) is 43.3 Å². The normalized spacial score (nSPS) is 9.95. The van der Waals surface area contributed by atoms with Gasteiger partial charge in [0.05, 0.1) is 12.5 Å². The standard InChI is InChI=1S/C15H13FN2O/c1-10-3-2-4-14(15(10)16)19-12-5-6-13(18)11(9-12)7-8-17/h2-6,9H,7,18H2,1H3. The molecule has 19 heavy (non-hydrogen) atoms. The number of rotatable bonds is 3. The van der Waals surface area contributed by atoms with E-state index in [1.165, 1.54) is 0 Å². The van der Waals surface area contributed by atoms with Gasteiger partial charge in [0.2, 0.25) is 0 Å². The quantitative estimate of drug-likeness (QED) is 0.854. The predicted octanol–water partition coefficient (Wildman–Crippen LogP) is 3.57. The van der Waals surface area contributed by atoms with E-state index in [4.69, 9.17) is 15.7 Å². The molecule has 0 heterocycles. The van der Waals surface area contributed by atoms with Gasteiger partial charge in [-0.25, -0.2) is 4.39 Å². The number of benzene rings is 2. The third kappa shape index (κ3) is 2.83. The maximum atomic E-state index is 13.8. The van der Waals surface area contributed by atoms with Crippen molar-refractivity contribution in [3.8, 4) is 17.6 Å². The molecule has 0 aromatic heterocycles. The monoisotopic (exact) mass is 256 g/mol. The van der Waals surface area contributed by atoms with Gasteiger partial charge in [-0.15, -0.1) is 0 Å². The summed E-state index contributed by atoms with van der Waals surface area (Å²) >= 11 is 0. The lowest BCUT2D eigenvalue weighted by atomic mass is 10.1. The Hall–Kier alpha value is -2.54. The topological polar surface area (TPSA) is 59.0 Å². The van der Waals surface area contributed by atoms with Gasteiger partial charge in [-0.3, -0.25) is 0 Å². The lowest BCUT2D eigenvalue weighted by Crippen LogP contribution is -1.95. The van der Waals surface area contributed by atoms with Crippen molar-refractivity contribution in [3.63, 3.8) is 0 Å². The molecule has 0 aliphatic rings. The van der Waals surface area contributed by atoms with Crippen LogP contribution in [-0.2, 0) is 6.42 Å². The molecule has 0 aliphatic heterocycles. The van der Waals surface area contributed by atoms with Crippen molar-refractivity contribution in [3.05, 3.63) is 53.3 Å². The van der Waals surface area contributed by atoms with Crippen LogP contribution in [0.1, 0.15) is 11.1 Å². The average molecular weight is 256 g/mol. The Morgan fingerprint density at radius 1 is 1.32 bits per heavy atom. The third-order valence-electron chi connectivity index (χ3n) is 2.77. The number of ether oxygens (including phenoxy) is 1. The van der Waals surface area contributed by atoms with Crippen LogP contribution >= 0.6 is 0 Å². The number of hydrogen-bond donors (Lipinski definition) is 1. The van der Waals surface area contributed by atoms with Crippen LogP contribution in [0.3, 0.4) is 0 Å². The average Bonchev–Trinajstić information content (AvgIpc) is 2.39. The molecule has 0 radical (unpaired) electrons. The van der Waals surface area contributed by atoms with Crippen molar-refractivity contribution in [1.29, 1.82) is 5.26 Å². The fraction of sp³-hybridized carbons (Fsp3) is 0.133. The Labute approximate surface area is 111 Å². The zero-order valence-corrected chi connectivity index (χ0v) is 10.5. The second kappa shape index (κ2) is 5.40. The lowest BCUT2D eigenvalue weighted by molar-refractivity contribution is 0.440. The van der Waals surface area contributed by atoms with Crippen molar-refractivity contribution in [2.45, 2.75) is 13.3 Å². The Bertz CT molecular complexity index is 647. The van der Waals surface area contributed by atoms with Gasteiger partial charge in [0.25, 0.3) is 0 Å². The fourth-order valence-electron chi connectivity index (χ4n) is 1.71. The van der Waals surface area contributed by atoms with Crippen LogP contribution in [0.2, 0.25) is 0 Å². The van der Waals surface area contributed by atoms with E-state index in [2.05, 4.69) is 0 Å². The highest BCUT2D eigenvalue weighted by Gasteiger charge is 2.08. The zero-order chi connectivity index (χ0) is 13.8. The van der Waals surface area contributed by atoms with Gasteiger partial charge in [-0.1, -0.05) is 12.1 Å². The molecule has 0 aliphatic carbocycles. The first kappa shape index (κ1) is 12.9. The third-order valence-corrected chi connectivity index (χ3v) is 2.77. The summed E-state index contributed by atoms with van der Waals surface area (Å²) in [5.41, 5.74) is 7.46. The summed E-state index contributed by atoms with van der Waals surface area (Å²) in [6.07, 6.45) is 0.194. The summed E-state index contributed by atoms with van der Waals surface area (Å²) in [6.45, 7) is 1.67. The molecular formula is C15H13FN2O. The van der Waals surface area contributed by atoms with E-state index < -0.39 is 0 Å². The summed E-state index contributed by atoms with van der Waals surface area (Å²) in [5.74, 6) is 0.234. The molecule has 0 amide bonds. The van der Waals surface area contributed by atoms with Crippen LogP contribution in [-0.4, -0.2) is 0 Å². The molecule has 0 atom stereocenters. The number of nitrogens with two attached hydrogens (primary N) is 1. The van der Waals surface area contributed by atoms with E-state index in [0.717, 1.165) is 0 Å². The molecule has 0 unspecified atom stereocenters. The van der Waals surface area contributed by atoms with Crippen molar-refractivity contribution < 1.29 is 9.13 Å². The van der Waals surface area contributed by atoms with Gasteiger partial charge in [-0.2, -0.15) is 5.26 Å². The summed E-state index contributed by atoms with van der Waals surface area (Å²) in [7, 11) is 0. The highest BCUT2D eigenvalue weighted by molar-refractivity contribution is 5.52. The van der Waals surface area contributed by atoms with Crippen molar-refractivity contribution >= 4 is 5.69 Å². The van der Waals surface area contributed by atoms with Crippen LogP contribution in [0.25, 0.3) is 0 Å². The Morgan fingerprint density at radius 3 is 2.84 bits per heavy atom. The molecule has 0 saturated carbocycles. The minimum atomic E-state index is -0.388. The molecule has 2 aromatic rings. The number of halogens is 1. The molecule has 3 nitrogen and oxygen atoms in total. The summed E-state index contributed by atoms with van der Waals surface area (Å²) < 4.78 is 19.3. The number of anilines is 1. The molecular weight excluding hydrogens is 243 g/mol. The molecule has 0 spiro atoms. The van der Waals surface area contributed by atoms with Gasteiger partial charge < -0.3 is 10.5 Å². The fourth-order valence-corrected chi connectivity index (χ4v) is 1.71. The van der Waals surface area contributed by atoms with E-state index >= 15 is 0 Å². The Morgan fingerprint density at radius 2 is 2.11 bits per heavy atom. The SMILES string of the molecule is Cc1cccc(Oc2ccc(N)c(CC#N)c2)c1F. The predicted molar refractivity (Wildman–Crippen MR) is 71.4 cm³/mol. The maximum Gasteiger partial charge on any atom is 0.168 e. The minimum absolute atomic E-state index is 0.160. The number of aryl methyl sites for hydroxylation is 1. The molecule has 4 heteroatoms. The van der Waals surface area contributed by atoms with Crippen LogP contribution in [0, 0.1) is 24.1 Å². The molecule has 2 rings (SSSR count). The Kier molecular flexibility index (Phi) is 3.67.